The number of carboxylic acid groups (broad SMARTS) is 3. The number of allylic oxidation sites excluding steroid dienone is 2. The van der Waals surface area contributed by atoms with E-state index in [9.17, 15) is 14.4 Å². The maximum Gasteiger partial charge on any atom is 0.303 e. The van der Waals surface area contributed by atoms with Crippen LogP contribution in [-0.2, 0) is 14.4 Å². The Kier molecular flexibility index (Phi) is 21.3. The SMILES string of the molecule is CCCCCCCC/C=C/CCCCCC[N+](CCCC(=O)O)(CCCC(=O)O)CCCC(=O)O. The predicted molar refractivity (Wildman–Crippen MR) is 141 cm³/mol. The van der Waals surface area contributed by atoms with Crippen LogP contribution in [0.5, 0.6) is 0 Å². The molecule has 0 unspecified atom stereocenters. The van der Waals surface area contributed by atoms with Crippen molar-refractivity contribution in [1.29, 1.82) is 0 Å². The Morgan fingerprint density at radius 2 is 0.857 bits per heavy atom. The highest BCUT2D eigenvalue weighted by Crippen LogP contribution is 2.18. The molecule has 35 heavy (non-hydrogen) atoms. The van der Waals surface area contributed by atoms with Crippen molar-refractivity contribution in [3.63, 3.8) is 0 Å². The summed E-state index contributed by atoms with van der Waals surface area (Å²) in [5.41, 5.74) is 0. The molecule has 0 bridgehead atoms. The zero-order valence-corrected chi connectivity index (χ0v) is 22.2. The van der Waals surface area contributed by atoms with Gasteiger partial charge in [-0.2, -0.15) is 0 Å². The van der Waals surface area contributed by atoms with Crippen molar-refractivity contribution < 1.29 is 34.2 Å². The Morgan fingerprint density at radius 1 is 0.514 bits per heavy atom. The monoisotopic (exact) mass is 498 g/mol. The third kappa shape index (κ3) is 22.3. The lowest BCUT2D eigenvalue weighted by Gasteiger charge is -2.39. The third-order valence-corrected chi connectivity index (χ3v) is 6.71. The summed E-state index contributed by atoms with van der Waals surface area (Å²) in [6, 6.07) is 0. The van der Waals surface area contributed by atoms with Gasteiger partial charge in [-0.25, -0.2) is 0 Å². The van der Waals surface area contributed by atoms with Gasteiger partial charge in [0, 0.05) is 19.3 Å². The van der Waals surface area contributed by atoms with Crippen molar-refractivity contribution in [3.8, 4) is 0 Å². The highest BCUT2D eigenvalue weighted by Gasteiger charge is 2.27. The van der Waals surface area contributed by atoms with Gasteiger partial charge in [-0.1, -0.05) is 57.6 Å². The van der Waals surface area contributed by atoms with E-state index in [2.05, 4.69) is 19.1 Å². The second-order valence-electron chi connectivity index (χ2n) is 9.96. The average molecular weight is 499 g/mol. The molecule has 0 aromatic heterocycles. The summed E-state index contributed by atoms with van der Waals surface area (Å²) in [5.74, 6) is -2.49. The minimum absolute atomic E-state index is 0.0862. The fourth-order valence-corrected chi connectivity index (χ4v) is 4.71. The number of unbranched alkanes of at least 4 members (excludes halogenated alkanes) is 10. The Labute approximate surface area is 213 Å². The third-order valence-electron chi connectivity index (χ3n) is 6.71. The molecule has 7 heteroatoms. The first kappa shape index (κ1) is 33.1. The molecule has 0 atom stereocenters. The smallest absolute Gasteiger partial charge is 0.303 e. The molecule has 0 heterocycles. The topological polar surface area (TPSA) is 112 Å². The summed E-state index contributed by atoms with van der Waals surface area (Å²) in [4.78, 5) is 33.1. The largest absolute Gasteiger partial charge is 0.481 e. The van der Waals surface area contributed by atoms with Crippen molar-refractivity contribution in [2.75, 3.05) is 26.2 Å². The van der Waals surface area contributed by atoms with Gasteiger partial charge in [0.05, 0.1) is 45.4 Å². The predicted octanol–water partition coefficient (Wildman–Crippen LogP) is 6.65. The second-order valence-corrected chi connectivity index (χ2v) is 9.96. The summed E-state index contributed by atoms with van der Waals surface area (Å²) in [5, 5.41) is 27.1. The number of hydrogen-bond acceptors (Lipinski definition) is 3. The summed E-state index contributed by atoms with van der Waals surface area (Å²) >= 11 is 0. The van der Waals surface area contributed by atoms with Crippen LogP contribution in [0.1, 0.15) is 122 Å². The van der Waals surface area contributed by atoms with Crippen LogP contribution in [0.25, 0.3) is 0 Å². The highest BCUT2D eigenvalue weighted by molar-refractivity contribution is 5.67. The van der Waals surface area contributed by atoms with Crippen LogP contribution in [0.4, 0.5) is 0 Å². The Balaban J connectivity index is 4.44. The van der Waals surface area contributed by atoms with Gasteiger partial charge < -0.3 is 19.8 Å². The van der Waals surface area contributed by atoms with E-state index in [1.54, 1.807) is 0 Å². The van der Waals surface area contributed by atoms with Crippen LogP contribution in [0.3, 0.4) is 0 Å². The molecule has 204 valence electrons. The minimum Gasteiger partial charge on any atom is -0.481 e. The number of hydrogen-bond donors (Lipinski definition) is 3. The molecular weight excluding hydrogens is 446 g/mol. The molecule has 0 aliphatic carbocycles. The molecule has 0 radical (unpaired) electrons. The van der Waals surface area contributed by atoms with E-state index in [4.69, 9.17) is 15.3 Å². The van der Waals surface area contributed by atoms with Crippen molar-refractivity contribution in [2.24, 2.45) is 0 Å². The summed E-state index contributed by atoms with van der Waals surface area (Å²) < 4.78 is 0.631. The molecule has 0 aromatic rings. The fourth-order valence-electron chi connectivity index (χ4n) is 4.71. The van der Waals surface area contributed by atoms with E-state index in [-0.39, 0.29) is 19.3 Å². The molecule has 0 aliphatic heterocycles. The molecule has 0 aromatic carbocycles. The molecule has 0 aliphatic rings. The standard InChI is InChI=1S/C28H51NO6/c1-2-3-4-5-6-7-8-9-10-11-12-13-14-15-22-29(23-16-19-26(30)31,24-17-20-27(32)33)25-18-21-28(34)35/h9-10H,2-8,11-25H2,1H3,(H2-,30,31,32,33,34,35)/p+1/b10-9+. The molecule has 0 saturated heterocycles. The number of carboxylic acids is 3. The van der Waals surface area contributed by atoms with Crippen molar-refractivity contribution in [2.45, 2.75) is 122 Å². The van der Waals surface area contributed by atoms with Gasteiger partial charge in [0.2, 0.25) is 0 Å². The van der Waals surface area contributed by atoms with Gasteiger partial charge in [0.15, 0.2) is 0 Å². The van der Waals surface area contributed by atoms with Gasteiger partial charge in [0.1, 0.15) is 0 Å². The molecular formula is C28H52NO6+. The Morgan fingerprint density at radius 3 is 1.26 bits per heavy atom. The fraction of sp³-hybridized carbons (Fsp3) is 0.821. The van der Waals surface area contributed by atoms with Gasteiger partial charge in [-0.3, -0.25) is 14.4 Å². The van der Waals surface area contributed by atoms with Gasteiger partial charge in [0.25, 0.3) is 0 Å². The first-order valence-corrected chi connectivity index (χ1v) is 14.0. The zero-order chi connectivity index (χ0) is 26.2. The van der Waals surface area contributed by atoms with E-state index in [0.717, 1.165) is 38.6 Å². The normalized spacial score (nSPS) is 11.8. The molecule has 0 spiro atoms. The number of quaternary nitrogens is 1. The van der Waals surface area contributed by atoms with E-state index < -0.39 is 17.9 Å². The quantitative estimate of drug-likeness (QED) is 0.0699. The molecule has 0 fully saturated rings. The van der Waals surface area contributed by atoms with E-state index in [1.165, 1.54) is 44.9 Å². The first-order valence-electron chi connectivity index (χ1n) is 14.0. The summed E-state index contributed by atoms with van der Waals surface area (Å²) in [6.07, 6.45) is 21.1. The lowest BCUT2D eigenvalue weighted by Crippen LogP contribution is -2.51. The van der Waals surface area contributed by atoms with Gasteiger partial charge >= 0.3 is 17.9 Å². The van der Waals surface area contributed by atoms with E-state index >= 15 is 0 Å². The summed E-state index contributed by atoms with van der Waals surface area (Å²) in [6.45, 7) is 5.07. The molecule has 0 saturated carbocycles. The van der Waals surface area contributed by atoms with Crippen molar-refractivity contribution in [3.05, 3.63) is 12.2 Å². The molecule has 0 amide bonds. The lowest BCUT2D eigenvalue weighted by atomic mass is 10.1. The van der Waals surface area contributed by atoms with Crippen LogP contribution >= 0.6 is 0 Å². The zero-order valence-electron chi connectivity index (χ0n) is 22.2. The average Bonchev–Trinajstić information content (AvgIpc) is 2.78. The number of carbonyl (C=O) groups is 3. The number of aliphatic carboxylic acids is 3. The Bertz CT molecular complexity index is 540. The highest BCUT2D eigenvalue weighted by atomic mass is 16.4. The van der Waals surface area contributed by atoms with Crippen LogP contribution < -0.4 is 0 Å². The number of rotatable bonds is 26. The maximum absolute atomic E-state index is 11.0. The molecule has 3 N–H and O–H groups in total. The van der Waals surface area contributed by atoms with Crippen LogP contribution in [0, 0.1) is 0 Å². The van der Waals surface area contributed by atoms with Gasteiger partial charge in [-0.05, 0) is 38.5 Å². The van der Waals surface area contributed by atoms with E-state index in [0.29, 0.717) is 43.4 Å². The molecule has 7 nitrogen and oxygen atoms in total. The first-order chi connectivity index (χ1) is 16.8. The number of nitrogens with zero attached hydrogens (tertiary/aromatic N) is 1. The minimum atomic E-state index is -0.830. The maximum atomic E-state index is 11.0. The lowest BCUT2D eigenvalue weighted by molar-refractivity contribution is -0.929. The second kappa shape index (κ2) is 22.6. The van der Waals surface area contributed by atoms with Crippen molar-refractivity contribution in [1.82, 2.24) is 0 Å². The molecule has 0 rings (SSSR count). The van der Waals surface area contributed by atoms with Crippen molar-refractivity contribution >= 4 is 17.9 Å². The van der Waals surface area contributed by atoms with E-state index in [1.807, 2.05) is 0 Å². The van der Waals surface area contributed by atoms with Crippen LogP contribution in [0.15, 0.2) is 12.2 Å². The Hall–Kier alpha value is -1.89. The van der Waals surface area contributed by atoms with Gasteiger partial charge in [-0.15, -0.1) is 0 Å². The van der Waals surface area contributed by atoms with Crippen LogP contribution in [-0.4, -0.2) is 63.9 Å². The van der Waals surface area contributed by atoms with Crippen LogP contribution in [0.2, 0.25) is 0 Å². The summed E-state index contributed by atoms with van der Waals surface area (Å²) in [7, 11) is 0.